The summed E-state index contributed by atoms with van der Waals surface area (Å²) in [5.74, 6) is 0.574. The van der Waals surface area contributed by atoms with Crippen molar-refractivity contribution in [1.29, 1.82) is 0 Å². The molecule has 0 bridgehead atoms. The van der Waals surface area contributed by atoms with Gasteiger partial charge < -0.3 is 9.32 Å². The molecule has 0 amide bonds. The molecule has 58 heavy (non-hydrogen) atoms. The largest absolute Gasteiger partial charge is 0.456 e. The Hall–Kier alpha value is -6.90. The summed E-state index contributed by atoms with van der Waals surface area (Å²) in [7, 11) is 0. The number of fused-ring (bicyclic) bond motifs is 5. The van der Waals surface area contributed by atoms with Gasteiger partial charge in [-0.05, 0) is 105 Å². The van der Waals surface area contributed by atoms with E-state index in [4.69, 9.17) is 4.42 Å². The van der Waals surface area contributed by atoms with Gasteiger partial charge in [0.05, 0.1) is 11.4 Å². The highest BCUT2D eigenvalue weighted by Gasteiger charge is 2.25. The van der Waals surface area contributed by atoms with Crippen molar-refractivity contribution in [2.75, 3.05) is 4.90 Å². The fourth-order valence-electron chi connectivity index (χ4n) is 9.84. The van der Waals surface area contributed by atoms with Gasteiger partial charge in [-0.25, -0.2) is 0 Å². The highest BCUT2D eigenvalue weighted by molar-refractivity contribution is 6.14. The lowest BCUT2D eigenvalue weighted by Gasteiger charge is -2.31. The number of nitrogens with zero attached hydrogens (tertiary/aromatic N) is 1. The third-order valence-corrected chi connectivity index (χ3v) is 12.5. The van der Waals surface area contributed by atoms with E-state index in [1.807, 2.05) is 6.07 Å². The summed E-state index contributed by atoms with van der Waals surface area (Å²) in [5.41, 5.74) is 13.8. The van der Waals surface area contributed by atoms with E-state index in [1.54, 1.807) is 0 Å². The average molecular weight is 746 g/mol. The molecule has 9 aromatic carbocycles. The van der Waals surface area contributed by atoms with Crippen molar-refractivity contribution in [2.24, 2.45) is 0 Å². The molecule has 0 atom stereocenters. The van der Waals surface area contributed by atoms with Crippen LogP contribution in [0.5, 0.6) is 0 Å². The van der Waals surface area contributed by atoms with E-state index in [1.165, 1.54) is 81.5 Å². The molecule has 1 heterocycles. The van der Waals surface area contributed by atoms with E-state index < -0.39 is 0 Å². The zero-order valence-corrected chi connectivity index (χ0v) is 32.4. The van der Waals surface area contributed by atoms with Crippen molar-refractivity contribution < 1.29 is 4.42 Å². The van der Waals surface area contributed by atoms with Gasteiger partial charge in [-0.3, -0.25) is 0 Å². The van der Waals surface area contributed by atoms with Crippen LogP contribution in [0.3, 0.4) is 0 Å². The van der Waals surface area contributed by atoms with Gasteiger partial charge in [0.15, 0.2) is 0 Å². The number of para-hydroxylation sites is 3. The Bertz CT molecular complexity index is 3120. The van der Waals surface area contributed by atoms with Gasteiger partial charge in [0.25, 0.3) is 0 Å². The van der Waals surface area contributed by atoms with Crippen molar-refractivity contribution in [3.05, 3.63) is 200 Å². The topological polar surface area (TPSA) is 16.4 Å². The summed E-state index contributed by atoms with van der Waals surface area (Å²) < 4.78 is 6.45. The lowest BCUT2D eigenvalue weighted by atomic mass is 9.80. The van der Waals surface area contributed by atoms with Crippen LogP contribution in [0.15, 0.2) is 199 Å². The smallest absolute Gasteiger partial charge is 0.136 e. The molecule has 1 saturated carbocycles. The van der Waals surface area contributed by atoms with Crippen LogP contribution in [0.2, 0.25) is 0 Å². The summed E-state index contributed by atoms with van der Waals surface area (Å²) in [5, 5.41) is 7.44. The summed E-state index contributed by atoms with van der Waals surface area (Å²) in [6, 6.07) is 71.1. The van der Waals surface area contributed by atoms with Crippen LogP contribution in [-0.4, -0.2) is 0 Å². The fraction of sp³-hybridized carbons (Fsp3) is 0.107. The van der Waals surface area contributed by atoms with E-state index >= 15 is 0 Å². The van der Waals surface area contributed by atoms with Crippen molar-refractivity contribution in [3.63, 3.8) is 0 Å². The van der Waals surface area contributed by atoms with Crippen molar-refractivity contribution in [1.82, 2.24) is 0 Å². The highest BCUT2D eigenvalue weighted by atomic mass is 16.3. The molecule has 0 aliphatic heterocycles. The van der Waals surface area contributed by atoms with Gasteiger partial charge in [-0.2, -0.15) is 0 Å². The quantitative estimate of drug-likeness (QED) is 0.162. The monoisotopic (exact) mass is 745 g/mol. The number of rotatable bonds is 7. The van der Waals surface area contributed by atoms with Crippen LogP contribution >= 0.6 is 0 Å². The SMILES string of the molecule is c1cc(-c2cccc3ccccc23)cc(N(c2ccccc2-c2cccc3cccc(C4CCCCC4)c23)c2ccccc2-c2cccc3oc4ccccc4c23)c1. The third kappa shape index (κ3) is 5.87. The van der Waals surface area contributed by atoms with Crippen LogP contribution < -0.4 is 4.90 Å². The van der Waals surface area contributed by atoms with Gasteiger partial charge in [0.2, 0.25) is 0 Å². The fourth-order valence-corrected chi connectivity index (χ4v) is 9.84. The normalized spacial score (nSPS) is 13.4. The first kappa shape index (κ1) is 34.4. The molecular weight excluding hydrogens is 703 g/mol. The van der Waals surface area contributed by atoms with E-state index in [0.717, 1.165) is 50.1 Å². The molecule has 10 aromatic rings. The molecule has 1 aliphatic rings. The molecule has 1 aromatic heterocycles. The zero-order valence-electron chi connectivity index (χ0n) is 32.4. The lowest BCUT2D eigenvalue weighted by molar-refractivity contribution is 0.445. The molecule has 0 saturated heterocycles. The van der Waals surface area contributed by atoms with Crippen LogP contribution in [-0.2, 0) is 0 Å². The first-order valence-electron chi connectivity index (χ1n) is 20.8. The van der Waals surface area contributed by atoms with Gasteiger partial charge in [0.1, 0.15) is 11.2 Å². The third-order valence-electron chi connectivity index (χ3n) is 12.5. The van der Waals surface area contributed by atoms with Crippen LogP contribution in [0.1, 0.15) is 43.6 Å². The predicted octanol–water partition coefficient (Wildman–Crippen LogP) is 16.4. The molecule has 2 heteroatoms. The maximum absolute atomic E-state index is 6.45. The van der Waals surface area contributed by atoms with E-state index in [-0.39, 0.29) is 0 Å². The first-order chi connectivity index (χ1) is 28.8. The standard InChI is InChI=1S/C56H43NO/c1-2-17-39(18-3-1)45-30-14-21-40-22-15-31-48(55(40)45)46-26-6-9-33-51(46)57(42-24-12-23-41(37-42)44-29-13-20-38-19-4-5-25-43(38)44)52-34-10-7-27-47(52)49-32-16-36-54-56(49)50-28-8-11-35-53(50)58-54/h4-16,19-37,39H,1-3,17-18H2. The number of hydrogen-bond donors (Lipinski definition) is 0. The summed E-state index contributed by atoms with van der Waals surface area (Å²) in [4.78, 5) is 2.50. The van der Waals surface area contributed by atoms with E-state index in [0.29, 0.717) is 5.92 Å². The maximum atomic E-state index is 6.45. The average Bonchev–Trinajstić information content (AvgIpc) is 3.69. The molecule has 0 radical (unpaired) electrons. The Morgan fingerprint density at radius 2 is 0.948 bits per heavy atom. The molecule has 2 nitrogen and oxygen atoms in total. The van der Waals surface area contributed by atoms with Crippen molar-refractivity contribution in [3.8, 4) is 33.4 Å². The summed E-state index contributed by atoms with van der Waals surface area (Å²) in [6.07, 6.45) is 6.45. The van der Waals surface area contributed by atoms with Gasteiger partial charge >= 0.3 is 0 Å². The molecule has 278 valence electrons. The van der Waals surface area contributed by atoms with E-state index in [9.17, 15) is 0 Å². The number of hydrogen-bond acceptors (Lipinski definition) is 2. The first-order valence-corrected chi connectivity index (χ1v) is 20.8. The summed E-state index contributed by atoms with van der Waals surface area (Å²) in [6.45, 7) is 0. The van der Waals surface area contributed by atoms with Crippen LogP contribution in [0.25, 0.3) is 76.9 Å². The molecule has 0 unspecified atom stereocenters. The predicted molar refractivity (Wildman–Crippen MR) is 246 cm³/mol. The number of furan rings is 1. The van der Waals surface area contributed by atoms with Crippen LogP contribution in [0.4, 0.5) is 17.1 Å². The van der Waals surface area contributed by atoms with E-state index in [2.05, 4.69) is 193 Å². The second kappa shape index (κ2) is 14.6. The lowest BCUT2D eigenvalue weighted by Crippen LogP contribution is -2.13. The minimum absolute atomic E-state index is 0.574. The number of anilines is 3. The van der Waals surface area contributed by atoms with Crippen LogP contribution in [0, 0.1) is 0 Å². The second-order valence-electron chi connectivity index (χ2n) is 15.8. The molecular formula is C56H43NO. The maximum Gasteiger partial charge on any atom is 0.136 e. The van der Waals surface area contributed by atoms with Gasteiger partial charge in [0, 0.05) is 27.6 Å². The zero-order chi connectivity index (χ0) is 38.4. The van der Waals surface area contributed by atoms with Gasteiger partial charge in [-0.1, -0.05) is 177 Å². The highest BCUT2D eigenvalue weighted by Crippen LogP contribution is 2.49. The Kier molecular flexibility index (Phi) is 8.62. The molecule has 0 spiro atoms. The van der Waals surface area contributed by atoms with Gasteiger partial charge in [-0.15, -0.1) is 0 Å². The Morgan fingerprint density at radius 3 is 1.74 bits per heavy atom. The summed E-state index contributed by atoms with van der Waals surface area (Å²) >= 11 is 0. The number of benzene rings is 9. The Balaban J connectivity index is 1.18. The Labute approximate surface area is 339 Å². The molecule has 1 aliphatic carbocycles. The van der Waals surface area contributed by atoms with Crippen molar-refractivity contribution >= 4 is 60.5 Å². The minimum Gasteiger partial charge on any atom is -0.456 e. The minimum atomic E-state index is 0.574. The molecule has 0 N–H and O–H groups in total. The Morgan fingerprint density at radius 1 is 0.397 bits per heavy atom. The van der Waals surface area contributed by atoms with Crippen molar-refractivity contribution in [2.45, 2.75) is 38.0 Å². The molecule has 11 rings (SSSR count). The second-order valence-corrected chi connectivity index (χ2v) is 15.8. The molecule has 1 fully saturated rings.